The standard InChI is InChI=1S/C9H16N2O2/c1-7(2)5-11-9(13-3)8(6-12)4-10-11/h4,7,12H,5-6H2,1-3H3. The highest BCUT2D eigenvalue weighted by atomic mass is 16.5. The Labute approximate surface area is 78.1 Å². The van der Waals surface area contributed by atoms with E-state index in [2.05, 4.69) is 18.9 Å². The van der Waals surface area contributed by atoms with E-state index in [1.807, 2.05) is 0 Å². The maximum Gasteiger partial charge on any atom is 0.217 e. The molecule has 1 heterocycles. The van der Waals surface area contributed by atoms with Crippen LogP contribution in [0, 0.1) is 5.92 Å². The maximum absolute atomic E-state index is 8.96. The van der Waals surface area contributed by atoms with Crippen LogP contribution in [0.2, 0.25) is 0 Å². The van der Waals surface area contributed by atoms with Gasteiger partial charge in [-0.1, -0.05) is 13.8 Å². The molecule has 1 aromatic rings. The summed E-state index contributed by atoms with van der Waals surface area (Å²) >= 11 is 0. The van der Waals surface area contributed by atoms with E-state index in [4.69, 9.17) is 9.84 Å². The first-order valence-electron chi connectivity index (χ1n) is 4.38. The van der Waals surface area contributed by atoms with Crippen molar-refractivity contribution in [2.24, 2.45) is 5.92 Å². The van der Waals surface area contributed by atoms with Gasteiger partial charge in [-0.15, -0.1) is 0 Å². The van der Waals surface area contributed by atoms with Gasteiger partial charge in [0.05, 0.1) is 25.5 Å². The molecule has 13 heavy (non-hydrogen) atoms. The second kappa shape index (κ2) is 4.28. The van der Waals surface area contributed by atoms with Crippen LogP contribution < -0.4 is 4.74 Å². The minimum atomic E-state index is -0.0265. The highest BCUT2D eigenvalue weighted by molar-refractivity contribution is 5.23. The Morgan fingerprint density at radius 3 is 2.77 bits per heavy atom. The Bertz CT molecular complexity index is 269. The fourth-order valence-corrected chi connectivity index (χ4v) is 1.23. The fraction of sp³-hybridized carbons (Fsp3) is 0.667. The minimum absolute atomic E-state index is 0.0265. The first-order chi connectivity index (χ1) is 6.19. The van der Waals surface area contributed by atoms with Crippen LogP contribution in [0.25, 0.3) is 0 Å². The molecule has 4 heteroatoms. The van der Waals surface area contributed by atoms with E-state index in [1.165, 1.54) is 0 Å². The number of hydrogen-bond donors (Lipinski definition) is 1. The highest BCUT2D eigenvalue weighted by Crippen LogP contribution is 2.18. The zero-order chi connectivity index (χ0) is 9.84. The topological polar surface area (TPSA) is 47.3 Å². The molecule has 0 atom stereocenters. The lowest BCUT2D eigenvalue weighted by molar-refractivity contribution is 0.268. The summed E-state index contributed by atoms with van der Waals surface area (Å²) < 4.78 is 6.92. The normalized spacial score (nSPS) is 10.8. The number of hydrogen-bond acceptors (Lipinski definition) is 3. The smallest absolute Gasteiger partial charge is 0.217 e. The van der Waals surface area contributed by atoms with E-state index in [9.17, 15) is 0 Å². The summed E-state index contributed by atoms with van der Waals surface area (Å²) in [5, 5.41) is 13.1. The molecular formula is C9H16N2O2. The fourth-order valence-electron chi connectivity index (χ4n) is 1.23. The van der Waals surface area contributed by atoms with Crippen LogP contribution in [0.1, 0.15) is 19.4 Å². The number of aliphatic hydroxyl groups excluding tert-OH is 1. The third-order valence-electron chi connectivity index (χ3n) is 1.76. The summed E-state index contributed by atoms with van der Waals surface area (Å²) in [4.78, 5) is 0. The zero-order valence-electron chi connectivity index (χ0n) is 8.32. The Hall–Kier alpha value is -1.03. The van der Waals surface area contributed by atoms with Crippen molar-refractivity contribution in [3.63, 3.8) is 0 Å². The van der Waals surface area contributed by atoms with Gasteiger partial charge in [0.25, 0.3) is 0 Å². The lowest BCUT2D eigenvalue weighted by Gasteiger charge is -2.09. The largest absolute Gasteiger partial charge is 0.481 e. The van der Waals surface area contributed by atoms with Gasteiger partial charge in [0.2, 0.25) is 5.88 Å². The summed E-state index contributed by atoms with van der Waals surface area (Å²) in [6, 6.07) is 0. The summed E-state index contributed by atoms with van der Waals surface area (Å²) in [5.41, 5.74) is 0.739. The second-order valence-electron chi connectivity index (χ2n) is 3.41. The van der Waals surface area contributed by atoms with Gasteiger partial charge in [-0.05, 0) is 5.92 Å². The Kier molecular flexibility index (Phi) is 3.31. The molecule has 0 saturated carbocycles. The van der Waals surface area contributed by atoms with Crippen molar-refractivity contribution >= 4 is 0 Å². The molecule has 1 aromatic heterocycles. The number of aliphatic hydroxyl groups is 1. The monoisotopic (exact) mass is 184 g/mol. The molecule has 0 amide bonds. The number of methoxy groups -OCH3 is 1. The first kappa shape index (κ1) is 10.1. The van der Waals surface area contributed by atoms with E-state index in [1.54, 1.807) is 18.0 Å². The van der Waals surface area contributed by atoms with Gasteiger partial charge in [0, 0.05) is 6.54 Å². The lowest BCUT2D eigenvalue weighted by atomic mass is 10.2. The molecule has 0 fully saturated rings. The van der Waals surface area contributed by atoms with E-state index in [0.29, 0.717) is 11.8 Å². The van der Waals surface area contributed by atoms with Crippen molar-refractivity contribution in [1.82, 2.24) is 9.78 Å². The number of ether oxygens (including phenoxy) is 1. The number of rotatable bonds is 4. The van der Waals surface area contributed by atoms with Crippen LogP contribution >= 0.6 is 0 Å². The predicted octanol–water partition coefficient (Wildman–Crippen LogP) is 1.04. The molecule has 0 aliphatic heterocycles. The van der Waals surface area contributed by atoms with Crippen LogP contribution in [0.5, 0.6) is 5.88 Å². The van der Waals surface area contributed by atoms with Crippen LogP contribution in [0.15, 0.2) is 6.20 Å². The molecule has 0 aliphatic rings. The molecule has 4 nitrogen and oxygen atoms in total. The van der Waals surface area contributed by atoms with E-state index < -0.39 is 0 Å². The summed E-state index contributed by atoms with van der Waals surface area (Å²) in [6.45, 7) is 5.00. The van der Waals surface area contributed by atoms with Crippen molar-refractivity contribution in [1.29, 1.82) is 0 Å². The van der Waals surface area contributed by atoms with Crippen LogP contribution in [0.3, 0.4) is 0 Å². The summed E-state index contributed by atoms with van der Waals surface area (Å²) in [7, 11) is 1.59. The number of aromatic nitrogens is 2. The second-order valence-corrected chi connectivity index (χ2v) is 3.41. The van der Waals surface area contributed by atoms with Crippen LogP contribution in [-0.4, -0.2) is 22.0 Å². The van der Waals surface area contributed by atoms with E-state index in [0.717, 1.165) is 12.1 Å². The average Bonchev–Trinajstić information content (AvgIpc) is 2.45. The Balaban J connectivity index is 2.87. The third kappa shape index (κ3) is 2.21. The predicted molar refractivity (Wildman–Crippen MR) is 49.5 cm³/mol. The van der Waals surface area contributed by atoms with Crippen LogP contribution in [-0.2, 0) is 13.2 Å². The number of nitrogens with zero attached hydrogens (tertiary/aromatic N) is 2. The van der Waals surface area contributed by atoms with E-state index >= 15 is 0 Å². The molecular weight excluding hydrogens is 168 g/mol. The van der Waals surface area contributed by atoms with E-state index in [-0.39, 0.29) is 6.61 Å². The van der Waals surface area contributed by atoms with Crippen molar-refractivity contribution < 1.29 is 9.84 Å². The van der Waals surface area contributed by atoms with Gasteiger partial charge in [0.1, 0.15) is 0 Å². The summed E-state index contributed by atoms with van der Waals surface area (Å²) in [6.07, 6.45) is 1.64. The Morgan fingerprint density at radius 2 is 2.31 bits per heavy atom. The maximum atomic E-state index is 8.96. The molecule has 1 N–H and O–H groups in total. The molecule has 0 aromatic carbocycles. The van der Waals surface area contributed by atoms with Crippen molar-refractivity contribution in [3.8, 4) is 5.88 Å². The minimum Gasteiger partial charge on any atom is -0.481 e. The molecule has 0 bridgehead atoms. The first-order valence-corrected chi connectivity index (χ1v) is 4.38. The molecule has 0 unspecified atom stereocenters. The van der Waals surface area contributed by atoms with Crippen molar-refractivity contribution in [2.45, 2.75) is 27.0 Å². The van der Waals surface area contributed by atoms with Crippen molar-refractivity contribution in [3.05, 3.63) is 11.8 Å². The van der Waals surface area contributed by atoms with Crippen LogP contribution in [0.4, 0.5) is 0 Å². The lowest BCUT2D eigenvalue weighted by Crippen LogP contribution is -2.08. The van der Waals surface area contributed by atoms with Gasteiger partial charge >= 0.3 is 0 Å². The van der Waals surface area contributed by atoms with Gasteiger partial charge < -0.3 is 9.84 Å². The Morgan fingerprint density at radius 1 is 1.62 bits per heavy atom. The van der Waals surface area contributed by atoms with Crippen molar-refractivity contribution in [2.75, 3.05) is 7.11 Å². The zero-order valence-corrected chi connectivity index (χ0v) is 8.32. The summed E-state index contributed by atoms with van der Waals surface area (Å²) in [5.74, 6) is 1.18. The quantitative estimate of drug-likeness (QED) is 0.760. The molecule has 0 aliphatic carbocycles. The molecule has 0 spiro atoms. The molecule has 1 rings (SSSR count). The van der Waals surface area contributed by atoms with Gasteiger partial charge in [-0.2, -0.15) is 5.10 Å². The molecule has 74 valence electrons. The SMILES string of the molecule is COc1c(CO)cnn1CC(C)C. The van der Waals surface area contributed by atoms with Gasteiger partial charge in [-0.25, -0.2) is 4.68 Å². The third-order valence-corrected chi connectivity index (χ3v) is 1.76. The van der Waals surface area contributed by atoms with Gasteiger partial charge in [0.15, 0.2) is 0 Å². The highest BCUT2D eigenvalue weighted by Gasteiger charge is 2.10. The average molecular weight is 184 g/mol. The molecule has 0 radical (unpaired) electrons. The molecule has 0 saturated heterocycles. The van der Waals surface area contributed by atoms with Gasteiger partial charge in [-0.3, -0.25) is 0 Å².